The zero-order valence-corrected chi connectivity index (χ0v) is 11.9. The van der Waals surface area contributed by atoms with Crippen LogP contribution >= 0.6 is 11.6 Å². The summed E-state index contributed by atoms with van der Waals surface area (Å²) in [5.74, 6) is 2.10. The Bertz CT molecular complexity index is 407. The van der Waals surface area contributed by atoms with Crippen LogP contribution in [0.4, 0.5) is 5.82 Å². The summed E-state index contributed by atoms with van der Waals surface area (Å²) in [5.41, 5.74) is 0. The molecule has 2 rings (SSSR count). The van der Waals surface area contributed by atoms with Crippen LogP contribution in [0.2, 0.25) is 5.15 Å². The maximum Gasteiger partial charge on any atom is 0.199 e. The minimum Gasteiger partial charge on any atom is -0.490 e. The van der Waals surface area contributed by atoms with Crippen molar-refractivity contribution in [2.24, 2.45) is 5.92 Å². The molecule has 0 atom stereocenters. The molecular formula is C13H20ClN3O. The third-order valence-corrected chi connectivity index (χ3v) is 3.42. The first-order chi connectivity index (χ1) is 8.63. The molecule has 0 radical (unpaired) electrons. The Morgan fingerprint density at radius 2 is 2.17 bits per heavy atom. The number of ether oxygens (including phenoxy) is 1. The molecule has 1 saturated carbocycles. The van der Waals surface area contributed by atoms with Crippen molar-refractivity contribution in [3.63, 3.8) is 0 Å². The minimum absolute atomic E-state index is 0.387. The molecule has 0 spiro atoms. The van der Waals surface area contributed by atoms with Gasteiger partial charge in [0.25, 0.3) is 0 Å². The molecule has 1 heterocycles. The van der Waals surface area contributed by atoms with Gasteiger partial charge in [-0.25, -0.2) is 9.97 Å². The summed E-state index contributed by atoms with van der Waals surface area (Å²) in [5, 5.41) is 0.387. The van der Waals surface area contributed by atoms with Gasteiger partial charge in [-0.05, 0) is 25.2 Å². The second-order valence-corrected chi connectivity index (χ2v) is 5.49. The molecule has 1 fully saturated rings. The largest absolute Gasteiger partial charge is 0.490 e. The van der Waals surface area contributed by atoms with Gasteiger partial charge >= 0.3 is 0 Å². The lowest BCUT2D eigenvalue weighted by Gasteiger charge is -2.25. The summed E-state index contributed by atoms with van der Waals surface area (Å²) < 4.78 is 5.34. The van der Waals surface area contributed by atoms with E-state index in [1.54, 1.807) is 7.11 Å². The normalized spacial score (nSPS) is 14.9. The van der Waals surface area contributed by atoms with Gasteiger partial charge in [0.1, 0.15) is 6.33 Å². The average molecular weight is 270 g/mol. The van der Waals surface area contributed by atoms with Crippen molar-refractivity contribution in [2.75, 3.05) is 18.6 Å². The van der Waals surface area contributed by atoms with Gasteiger partial charge in [-0.1, -0.05) is 25.4 Å². The molecule has 1 aliphatic carbocycles. The first-order valence-corrected chi connectivity index (χ1v) is 6.82. The molecule has 0 aromatic carbocycles. The molecule has 4 nitrogen and oxygen atoms in total. The fourth-order valence-corrected chi connectivity index (χ4v) is 2.17. The quantitative estimate of drug-likeness (QED) is 0.744. The molecule has 0 bridgehead atoms. The summed E-state index contributed by atoms with van der Waals surface area (Å²) in [4.78, 5) is 10.6. The zero-order valence-electron chi connectivity index (χ0n) is 11.2. The molecule has 18 heavy (non-hydrogen) atoms. The van der Waals surface area contributed by atoms with Crippen LogP contribution in [-0.2, 0) is 0 Å². The van der Waals surface area contributed by atoms with Crippen molar-refractivity contribution >= 4 is 17.4 Å². The van der Waals surface area contributed by atoms with E-state index in [4.69, 9.17) is 16.3 Å². The summed E-state index contributed by atoms with van der Waals surface area (Å²) in [7, 11) is 1.61. The van der Waals surface area contributed by atoms with Gasteiger partial charge in [-0.2, -0.15) is 0 Å². The van der Waals surface area contributed by atoms with Gasteiger partial charge in [-0.15, -0.1) is 0 Å². The number of hydrogen-bond acceptors (Lipinski definition) is 4. The van der Waals surface area contributed by atoms with Gasteiger partial charge < -0.3 is 9.64 Å². The zero-order chi connectivity index (χ0) is 13.1. The molecule has 5 heteroatoms. The predicted octanol–water partition coefficient (Wildman–Crippen LogP) is 3.15. The highest BCUT2D eigenvalue weighted by molar-refractivity contribution is 6.31. The molecule has 100 valence electrons. The van der Waals surface area contributed by atoms with Crippen LogP contribution in [0.15, 0.2) is 6.33 Å². The smallest absolute Gasteiger partial charge is 0.199 e. The van der Waals surface area contributed by atoms with E-state index in [1.807, 2.05) is 0 Å². The van der Waals surface area contributed by atoms with Crippen LogP contribution in [0.25, 0.3) is 0 Å². The van der Waals surface area contributed by atoms with Crippen molar-refractivity contribution in [3.05, 3.63) is 11.5 Å². The van der Waals surface area contributed by atoms with Crippen LogP contribution in [0, 0.1) is 5.92 Å². The maximum atomic E-state index is 6.06. The minimum atomic E-state index is 0.387. The first kappa shape index (κ1) is 13.4. The van der Waals surface area contributed by atoms with Crippen LogP contribution < -0.4 is 9.64 Å². The number of rotatable bonds is 6. The second kappa shape index (κ2) is 5.74. The number of nitrogens with zero attached hydrogens (tertiary/aromatic N) is 3. The van der Waals surface area contributed by atoms with Gasteiger partial charge in [0.2, 0.25) is 0 Å². The van der Waals surface area contributed by atoms with E-state index in [0.717, 1.165) is 18.8 Å². The van der Waals surface area contributed by atoms with Crippen molar-refractivity contribution in [2.45, 2.75) is 39.2 Å². The van der Waals surface area contributed by atoms with E-state index < -0.39 is 0 Å². The Kier molecular flexibility index (Phi) is 4.27. The Labute approximate surface area is 113 Å². The van der Waals surface area contributed by atoms with Crippen molar-refractivity contribution in [3.8, 4) is 5.75 Å². The number of methoxy groups -OCH3 is 1. The van der Waals surface area contributed by atoms with E-state index in [-0.39, 0.29) is 0 Å². The van der Waals surface area contributed by atoms with Crippen molar-refractivity contribution in [1.29, 1.82) is 0 Å². The topological polar surface area (TPSA) is 38.3 Å². The SMILES string of the molecule is COc1c(Cl)ncnc1N(CCC(C)C)C1CC1. The Hall–Kier alpha value is -1.03. The lowest BCUT2D eigenvalue weighted by atomic mass is 10.1. The predicted molar refractivity (Wildman–Crippen MR) is 73.4 cm³/mol. The van der Waals surface area contributed by atoms with E-state index in [2.05, 4.69) is 28.7 Å². The number of halogens is 1. The molecule has 0 unspecified atom stereocenters. The molecule has 1 aliphatic rings. The monoisotopic (exact) mass is 269 g/mol. The fraction of sp³-hybridized carbons (Fsp3) is 0.692. The molecule has 0 amide bonds. The van der Waals surface area contributed by atoms with Gasteiger partial charge in [0.15, 0.2) is 16.7 Å². The van der Waals surface area contributed by atoms with Crippen LogP contribution in [-0.4, -0.2) is 29.7 Å². The van der Waals surface area contributed by atoms with E-state index in [9.17, 15) is 0 Å². The fourth-order valence-electron chi connectivity index (χ4n) is 1.97. The highest BCUT2D eigenvalue weighted by Gasteiger charge is 2.32. The highest BCUT2D eigenvalue weighted by Crippen LogP contribution is 2.38. The van der Waals surface area contributed by atoms with Gasteiger partial charge in [-0.3, -0.25) is 0 Å². The lowest BCUT2D eigenvalue weighted by Crippen LogP contribution is -2.29. The molecule has 0 aliphatic heterocycles. The van der Waals surface area contributed by atoms with Crippen LogP contribution in [0.3, 0.4) is 0 Å². The number of anilines is 1. The first-order valence-electron chi connectivity index (χ1n) is 6.44. The average Bonchev–Trinajstić information content (AvgIpc) is 3.13. The summed E-state index contributed by atoms with van der Waals surface area (Å²) in [6.07, 6.45) is 5.10. The Morgan fingerprint density at radius 3 is 2.72 bits per heavy atom. The van der Waals surface area contributed by atoms with Gasteiger partial charge in [0.05, 0.1) is 7.11 Å². The third-order valence-electron chi connectivity index (χ3n) is 3.15. The van der Waals surface area contributed by atoms with Crippen molar-refractivity contribution in [1.82, 2.24) is 9.97 Å². The summed E-state index contributed by atoms with van der Waals surface area (Å²) in [6.45, 7) is 5.45. The van der Waals surface area contributed by atoms with Crippen LogP contribution in [0.1, 0.15) is 33.1 Å². The second-order valence-electron chi connectivity index (χ2n) is 5.13. The maximum absolute atomic E-state index is 6.06. The highest BCUT2D eigenvalue weighted by atomic mass is 35.5. The van der Waals surface area contributed by atoms with E-state index >= 15 is 0 Å². The molecular weight excluding hydrogens is 250 g/mol. The Morgan fingerprint density at radius 1 is 1.44 bits per heavy atom. The van der Waals surface area contributed by atoms with Gasteiger partial charge in [0, 0.05) is 12.6 Å². The standard InChI is InChI=1S/C13H20ClN3O/c1-9(2)6-7-17(10-4-5-10)13-11(18-3)12(14)15-8-16-13/h8-10H,4-7H2,1-3H3. The van der Waals surface area contributed by atoms with E-state index in [1.165, 1.54) is 19.2 Å². The third kappa shape index (κ3) is 3.05. The molecule has 0 saturated heterocycles. The Balaban J connectivity index is 2.22. The van der Waals surface area contributed by atoms with E-state index in [0.29, 0.717) is 22.9 Å². The van der Waals surface area contributed by atoms with Crippen molar-refractivity contribution < 1.29 is 4.74 Å². The number of aromatic nitrogens is 2. The molecule has 1 aromatic heterocycles. The molecule has 1 aromatic rings. The molecule has 0 N–H and O–H groups in total. The lowest BCUT2D eigenvalue weighted by molar-refractivity contribution is 0.409. The van der Waals surface area contributed by atoms with Crippen LogP contribution in [0.5, 0.6) is 5.75 Å². The summed E-state index contributed by atoms with van der Waals surface area (Å²) in [6, 6.07) is 0.587. The number of hydrogen-bond donors (Lipinski definition) is 0. The summed E-state index contributed by atoms with van der Waals surface area (Å²) >= 11 is 6.06.